The summed E-state index contributed by atoms with van der Waals surface area (Å²) in [6.07, 6.45) is 0. The van der Waals surface area contributed by atoms with Gasteiger partial charge in [0, 0.05) is 11.1 Å². The van der Waals surface area contributed by atoms with Gasteiger partial charge in [0.05, 0.1) is 5.51 Å². The molecule has 13 heavy (non-hydrogen) atoms. The number of aromatic nitrogens is 3. The van der Waals surface area contributed by atoms with Gasteiger partial charge in [0.25, 0.3) is 0 Å². The highest BCUT2D eigenvalue weighted by molar-refractivity contribution is 7.07. The first-order chi connectivity index (χ1) is 6.25. The molecule has 0 saturated carbocycles. The lowest BCUT2D eigenvalue weighted by atomic mass is 10.4. The fourth-order valence-electron chi connectivity index (χ4n) is 0.968. The molecule has 0 fully saturated rings. The molecule has 0 atom stereocenters. The summed E-state index contributed by atoms with van der Waals surface area (Å²) in [7, 11) is 0. The molecular formula is C8H6ClN3S. The molecule has 2 heterocycles. The minimum Gasteiger partial charge on any atom is -0.241 e. The molecule has 66 valence electrons. The smallest absolute Gasteiger partial charge is 0.180 e. The number of halogens is 1. The predicted molar refractivity (Wildman–Crippen MR) is 52.9 cm³/mol. The summed E-state index contributed by atoms with van der Waals surface area (Å²) in [5.74, 6) is 0.589. The van der Waals surface area contributed by atoms with E-state index in [1.54, 1.807) is 11.6 Å². The topological polar surface area (TPSA) is 38.7 Å². The Labute approximate surface area is 84.5 Å². The average Bonchev–Trinajstić information content (AvgIpc) is 2.53. The van der Waals surface area contributed by atoms with E-state index in [1.165, 1.54) is 11.3 Å². The number of nitrogens with zero attached hydrogens (tertiary/aromatic N) is 3. The highest BCUT2D eigenvalue weighted by Crippen LogP contribution is 2.17. The van der Waals surface area contributed by atoms with Gasteiger partial charge in [-0.25, -0.2) is 15.0 Å². The molecular weight excluding hydrogens is 206 g/mol. The molecule has 2 rings (SSSR count). The van der Waals surface area contributed by atoms with Gasteiger partial charge in [0.15, 0.2) is 5.82 Å². The van der Waals surface area contributed by atoms with Gasteiger partial charge in [0.1, 0.15) is 10.8 Å². The molecule has 0 aromatic carbocycles. The monoisotopic (exact) mass is 211 g/mol. The van der Waals surface area contributed by atoms with Gasteiger partial charge in [-0.15, -0.1) is 11.3 Å². The van der Waals surface area contributed by atoms with Gasteiger partial charge in [0.2, 0.25) is 0 Å². The van der Waals surface area contributed by atoms with Crippen molar-refractivity contribution in [2.75, 3.05) is 0 Å². The quantitative estimate of drug-likeness (QED) is 0.681. The number of hydrogen-bond acceptors (Lipinski definition) is 4. The van der Waals surface area contributed by atoms with Crippen LogP contribution in [0.15, 0.2) is 17.0 Å². The summed E-state index contributed by atoms with van der Waals surface area (Å²) in [6, 6.07) is 1.72. The minimum absolute atomic E-state index is 0.454. The molecule has 0 radical (unpaired) electrons. The van der Waals surface area contributed by atoms with E-state index in [0.717, 1.165) is 11.4 Å². The van der Waals surface area contributed by atoms with Crippen LogP contribution in [0.3, 0.4) is 0 Å². The molecule has 0 saturated heterocycles. The minimum atomic E-state index is 0.454. The van der Waals surface area contributed by atoms with Gasteiger partial charge < -0.3 is 0 Å². The van der Waals surface area contributed by atoms with Crippen LogP contribution in [0.5, 0.6) is 0 Å². The average molecular weight is 212 g/mol. The lowest BCUT2D eigenvalue weighted by molar-refractivity contribution is 1.10. The molecule has 0 unspecified atom stereocenters. The second-order valence-electron chi connectivity index (χ2n) is 2.53. The van der Waals surface area contributed by atoms with E-state index in [9.17, 15) is 0 Å². The van der Waals surface area contributed by atoms with Crippen LogP contribution < -0.4 is 0 Å². The third-order valence-corrected chi connectivity index (χ3v) is 2.26. The lowest BCUT2D eigenvalue weighted by Gasteiger charge is -1.97. The second kappa shape index (κ2) is 3.40. The summed E-state index contributed by atoms with van der Waals surface area (Å²) in [6.45, 7) is 1.88. The Hall–Kier alpha value is -1.00. The van der Waals surface area contributed by atoms with Crippen molar-refractivity contribution in [2.24, 2.45) is 0 Å². The molecule has 2 aromatic rings. The maximum absolute atomic E-state index is 5.79. The zero-order valence-corrected chi connectivity index (χ0v) is 8.43. The maximum atomic E-state index is 5.79. The summed E-state index contributed by atoms with van der Waals surface area (Å²) in [5, 5.41) is 2.35. The Bertz CT molecular complexity index is 393. The van der Waals surface area contributed by atoms with Crippen LogP contribution in [0.1, 0.15) is 5.69 Å². The first-order valence-corrected chi connectivity index (χ1v) is 4.97. The van der Waals surface area contributed by atoms with Crippen molar-refractivity contribution in [1.29, 1.82) is 0 Å². The zero-order chi connectivity index (χ0) is 9.26. The molecule has 0 amide bonds. The van der Waals surface area contributed by atoms with E-state index in [1.807, 2.05) is 12.3 Å². The number of hydrogen-bond donors (Lipinski definition) is 0. The van der Waals surface area contributed by atoms with Crippen molar-refractivity contribution < 1.29 is 0 Å². The second-order valence-corrected chi connectivity index (χ2v) is 3.64. The largest absolute Gasteiger partial charge is 0.241 e. The highest BCUT2D eigenvalue weighted by Gasteiger charge is 2.04. The van der Waals surface area contributed by atoms with E-state index in [-0.39, 0.29) is 0 Å². The van der Waals surface area contributed by atoms with Crippen LogP contribution in [0.4, 0.5) is 0 Å². The molecule has 3 nitrogen and oxygen atoms in total. The van der Waals surface area contributed by atoms with Crippen LogP contribution >= 0.6 is 22.9 Å². The van der Waals surface area contributed by atoms with Crippen molar-refractivity contribution in [1.82, 2.24) is 15.0 Å². The van der Waals surface area contributed by atoms with E-state index >= 15 is 0 Å². The van der Waals surface area contributed by atoms with E-state index in [0.29, 0.717) is 11.0 Å². The van der Waals surface area contributed by atoms with Crippen molar-refractivity contribution in [3.8, 4) is 11.5 Å². The third kappa shape index (κ3) is 1.84. The molecule has 0 aliphatic heterocycles. The molecule has 5 heteroatoms. The highest BCUT2D eigenvalue weighted by atomic mass is 35.5. The SMILES string of the molecule is Cc1cc(Cl)nc(-c2cscn2)n1. The lowest BCUT2D eigenvalue weighted by Crippen LogP contribution is -1.91. The number of rotatable bonds is 1. The summed E-state index contributed by atoms with van der Waals surface area (Å²) < 4.78 is 0. The standard InChI is InChI=1S/C8H6ClN3S/c1-5-2-7(9)12-8(11-5)6-3-13-4-10-6/h2-4H,1H3. The van der Waals surface area contributed by atoms with Crippen molar-refractivity contribution >= 4 is 22.9 Å². The Kier molecular flexibility index (Phi) is 2.24. The van der Waals surface area contributed by atoms with Crippen LogP contribution in [0.2, 0.25) is 5.15 Å². The Balaban J connectivity index is 2.53. The summed E-state index contributed by atoms with van der Waals surface area (Å²) in [4.78, 5) is 12.4. The van der Waals surface area contributed by atoms with E-state index < -0.39 is 0 Å². The first kappa shape index (κ1) is 8.59. The molecule has 0 aliphatic rings. The Morgan fingerprint density at radius 1 is 1.38 bits per heavy atom. The number of aryl methyl sites for hydroxylation is 1. The zero-order valence-electron chi connectivity index (χ0n) is 6.86. The van der Waals surface area contributed by atoms with Crippen LogP contribution in [-0.2, 0) is 0 Å². The number of thiazole rings is 1. The molecule has 2 aromatic heterocycles. The Morgan fingerprint density at radius 2 is 2.23 bits per heavy atom. The first-order valence-electron chi connectivity index (χ1n) is 3.65. The maximum Gasteiger partial charge on any atom is 0.180 e. The van der Waals surface area contributed by atoms with Crippen LogP contribution in [0, 0.1) is 6.92 Å². The van der Waals surface area contributed by atoms with Crippen molar-refractivity contribution in [3.05, 3.63) is 27.8 Å². The fraction of sp³-hybridized carbons (Fsp3) is 0.125. The molecule has 0 N–H and O–H groups in total. The van der Waals surface area contributed by atoms with E-state index in [4.69, 9.17) is 11.6 Å². The fourth-order valence-corrected chi connectivity index (χ4v) is 1.74. The van der Waals surface area contributed by atoms with E-state index in [2.05, 4.69) is 15.0 Å². The normalized spacial score (nSPS) is 10.3. The Morgan fingerprint density at radius 3 is 2.85 bits per heavy atom. The van der Waals surface area contributed by atoms with Gasteiger partial charge in [-0.3, -0.25) is 0 Å². The van der Waals surface area contributed by atoms with Crippen molar-refractivity contribution in [2.45, 2.75) is 6.92 Å². The van der Waals surface area contributed by atoms with Gasteiger partial charge in [-0.1, -0.05) is 11.6 Å². The van der Waals surface area contributed by atoms with Crippen LogP contribution in [0.25, 0.3) is 11.5 Å². The molecule has 0 spiro atoms. The van der Waals surface area contributed by atoms with Crippen LogP contribution in [-0.4, -0.2) is 15.0 Å². The summed E-state index contributed by atoms with van der Waals surface area (Å²) in [5.41, 5.74) is 3.37. The predicted octanol–water partition coefficient (Wildman–Crippen LogP) is 2.56. The molecule has 0 aliphatic carbocycles. The molecule has 0 bridgehead atoms. The summed E-state index contributed by atoms with van der Waals surface area (Å²) >= 11 is 7.30. The van der Waals surface area contributed by atoms with Crippen molar-refractivity contribution in [3.63, 3.8) is 0 Å². The van der Waals surface area contributed by atoms with Gasteiger partial charge in [-0.05, 0) is 13.0 Å². The third-order valence-electron chi connectivity index (χ3n) is 1.48. The van der Waals surface area contributed by atoms with Gasteiger partial charge in [-0.2, -0.15) is 0 Å². The van der Waals surface area contributed by atoms with Gasteiger partial charge >= 0.3 is 0 Å².